The number of ether oxygens (including phenoxy) is 2. The van der Waals surface area contributed by atoms with Crippen LogP contribution in [0, 0.1) is 0 Å². The second-order valence-corrected chi connectivity index (χ2v) is 5.54. The van der Waals surface area contributed by atoms with Gasteiger partial charge in [0.05, 0.1) is 32.5 Å². The Hall–Kier alpha value is -1.93. The Morgan fingerprint density at radius 2 is 2.32 bits per heavy atom. The monoisotopic (exact) mass is 309 g/mol. The quantitative estimate of drug-likeness (QED) is 0.750. The van der Waals surface area contributed by atoms with Gasteiger partial charge in [0.15, 0.2) is 0 Å². The molecule has 0 aromatic carbocycles. The van der Waals surface area contributed by atoms with Crippen molar-refractivity contribution in [2.45, 2.75) is 12.5 Å². The molecule has 0 saturated carbocycles. The van der Waals surface area contributed by atoms with E-state index in [0.717, 1.165) is 0 Å². The van der Waals surface area contributed by atoms with Crippen molar-refractivity contribution in [3.8, 4) is 0 Å². The molecule has 120 valence electrons. The Labute approximate surface area is 127 Å². The largest absolute Gasteiger partial charge is 0.376 e. The summed E-state index contributed by atoms with van der Waals surface area (Å²) in [7, 11) is 0. The predicted molar refractivity (Wildman–Crippen MR) is 74.2 cm³/mol. The van der Waals surface area contributed by atoms with Crippen LogP contribution in [0.4, 0.5) is 0 Å². The summed E-state index contributed by atoms with van der Waals surface area (Å²) in [5, 5.41) is 3.56. The minimum absolute atomic E-state index is 0.0154. The number of hydrogen-bond donors (Lipinski definition) is 0. The lowest BCUT2D eigenvalue weighted by atomic mass is 10.0. The molecule has 22 heavy (non-hydrogen) atoms. The third kappa shape index (κ3) is 2.84. The van der Waals surface area contributed by atoms with Gasteiger partial charge in [-0.3, -0.25) is 9.59 Å². The number of nitrogens with zero attached hydrogens (tertiary/aromatic N) is 3. The van der Waals surface area contributed by atoms with Crippen molar-refractivity contribution in [2.24, 2.45) is 0 Å². The molecular weight excluding hydrogens is 290 g/mol. The van der Waals surface area contributed by atoms with Crippen LogP contribution in [-0.4, -0.2) is 78.4 Å². The molecule has 3 heterocycles. The first-order chi connectivity index (χ1) is 10.6. The van der Waals surface area contributed by atoms with Gasteiger partial charge in [-0.1, -0.05) is 5.16 Å². The van der Waals surface area contributed by atoms with E-state index in [4.69, 9.17) is 14.0 Å². The summed E-state index contributed by atoms with van der Waals surface area (Å²) in [6, 6.07) is 1.53. The van der Waals surface area contributed by atoms with Crippen molar-refractivity contribution in [3.05, 3.63) is 18.0 Å². The SMILES string of the molecule is CCN1CC2(COCCN(C(=O)c3ccno3)C2)OCC1=O. The Bertz CT molecular complexity index is 547. The molecule has 0 bridgehead atoms. The molecule has 8 heteroatoms. The van der Waals surface area contributed by atoms with Gasteiger partial charge in [0, 0.05) is 19.2 Å². The fraction of sp³-hybridized carbons (Fsp3) is 0.643. The van der Waals surface area contributed by atoms with Gasteiger partial charge in [-0.2, -0.15) is 0 Å². The van der Waals surface area contributed by atoms with E-state index < -0.39 is 5.60 Å². The van der Waals surface area contributed by atoms with E-state index in [1.165, 1.54) is 12.3 Å². The molecule has 1 unspecified atom stereocenters. The Morgan fingerprint density at radius 3 is 3.05 bits per heavy atom. The smallest absolute Gasteiger partial charge is 0.292 e. The van der Waals surface area contributed by atoms with Gasteiger partial charge in [0.2, 0.25) is 11.7 Å². The number of hydrogen-bond acceptors (Lipinski definition) is 6. The van der Waals surface area contributed by atoms with Gasteiger partial charge in [-0.15, -0.1) is 0 Å². The second-order valence-electron chi connectivity index (χ2n) is 5.54. The number of likely N-dealkylation sites (N-methyl/N-ethyl adjacent to an activating group) is 1. The summed E-state index contributed by atoms with van der Waals surface area (Å²) in [6.07, 6.45) is 1.44. The highest BCUT2D eigenvalue weighted by Gasteiger charge is 2.43. The van der Waals surface area contributed by atoms with Gasteiger partial charge < -0.3 is 23.8 Å². The van der Waals surface area contributed by atoms with E-state index in [1.54, 1.807) is 9.80 Å². The highest BCUT2D eigenvalue weighted by atomic mass is 16.6. The van der Waals surface area contributed by atoms with E-state index in [1.807, 2.05) is 6.92 Å². The van der Waals surface area contributed by atoms with E-state index in [9.17, 15) is 9.59 Å². The summed E-state index contributed by atoms with van der Waals surface area (Å²) in [6.45, 7) is 4.55. The first-order valence-electron chi connectivity index (χ1n) is 7.33. The highest BCUT2D eigenvalue weighted by molar-refractivity contribution is 5.91. The average molecular weight is 309 g/mol. The first kappa shape index (κ1) is 15.0. The molecule has 2 aliphatic rings. The van der Waals surface area contributed by atoms with Gasteiger partial charge in [-0.25, -0.2) is 0 Å². The Balaban J connectivity index is 1.78. The van der Waals surface area contributed by atoms with Crippen molar-refractivity contribution in [1.82, 2.24) is 15.0 Å². The summed E-state index contributed by atoms with van der Waals surface area (Å²) in [4.78, 5) is 27.6. The molecule has 0 N–H and O–H groups in total. The van der Waals surface area contributed by atoms with Crippen molar-refractivity contribution >= 4 is 11.8 Å². The highest BCUT2D eigenvalue weighted by Crippen LogP contribution is 2.24. The van der Waals surface area contributed by atoms with Crippen LogP contribution in [0.2, 0.25) is 0 Å². The number of carbonyl (C=O) groups excluding carboxylic acids is 2. The van der Waals surface area contributed by atoms with Gasteiger partial charge in [0.25, 0.3) is 5.91 Å². The van der Waals surface area contributed by atoms with Crippen molar-refractivity contribution in [3.63, 3.8) is 0 Å². The van der Waals surface area contributed by atoms with Crippen molar-refractivity contribution in [2.75, 3.05) is 46.0 Å². The van der Waals surface area contributed by atoms with Crippen LogP contribution >= 0.6 is 0 Å². The maximum absolute atomic E-state index is 12.5. The zero-order valence-corrected chi connectivity index (χ0v) is 12.5. The Morgan fingerprint density at radius 1 is 1.45 bits per heavy atom. The molecule has 1 spiro atoms. The topological polar surface area (TPSA) is 85.1 Å². The third-order valence-corrected chi connectivity index (χ3v) is 4.00. The van der Waals surface area contributed by atoms with Gasteiger partial charge in [-0.05, 0) is 6.92 Å². The van der Waals surface area contributed by atoms with Crippen molar-refractivity contribution < 1.29 is 23.6 Å². The van der Waals surface area contributed by atoms with Gasteiger partial charge in [0.1, 0.15) is 12.2 Å². The molecule has 2 aliphatic heterocycles. The van der Waals surface area contributed by atoms with Crippen molar-refractivity contribution in [1.29, 1.82) is 0 Å². The van der Waals surface area contributed by atoms with Crippen LogP contribution in [0.3, 0.4) is 0 Å². The summed E-state index contributed by atoms with van der Waals surface area (Å²) in [5.74, 6) is -0.0901. The number of rotatable bonds is 2. The van der Waals surface area contributed by atoms with Crippen LogP contribution in [-0.2, 0) is 14.3 Å². The minimum Gasteiger partial charge on any atom is -0.376 e. The summed E-state index contributed by atoms with van der Waals surface area (Å²) in [5.41, 5.74) is -0.684. The lowest BCUT2D eigenvalue weighted by Gasteiger charge is -2.42. The summed E-state index contributed by atoms with van der Waals surface area (Å²) < 4.78 is 16.3. The van der Waals surface area contributed by atoms with E-state index >= 15 is 0 Å². The van der Waals surface area contributed by atoms with E-state index in [0.29, 0.717) is 39.4 Å². The lowest BCUT2D eigenvalue weighted by molar-refractivity contribution is -0.171. The Kier molecular flexibility index (Phi) is 4.12. The lowest BCUT2D eigenvalue weighted by Crippen LogP contribution is -2.60. The van der Waals surface area contributed by atoms with E-state index in [-0.39, 0.29) is 24.2 Å². The third-order valence-electron chi connectivity index (χ3n) is 4.00. The molecule has 1 aromatic heterocycles. The van der Waals surface area contributed by atoms with E-state index in [2.05, 4.69) is 5.16 Å². The molecular formula is C14H19N3O5. The molecule has 3 rings (SSSR count). The number of amides is 2. The fourth-order valence-electron chi connectivity index (χ4n) is 2.82. The standard InChI is InChI=1S/C14H19N3O5/c1-2-16-8-14(21-7-12(16)18)9-17(5-6-20-10-14)13(19)11-3-4-15-22-11/h3-4H,2,5-10H2,1H3. The van der Waals surface area contributed by atoms with Crippen LogP contribution in [0.15, 0.2) is 16.8 Å². The minimum atomic E-state index is -0.684. The zero-order valence-electron chi connectivity index (χ0n) is 12.5. The molecule has 0 radical (unpaired) electrons. The molecule has 1 atom stereocenters. The van der Waals surface area contributed by atoms with Crippen LogP contribution in [0.1, 0.15) is 17.5 Å². The van der Waals surface area contributed by atoms with Crippen LogP contribution in [0.5, 0.6) is 0 Å². The second kappa shape index (κ2) is 6.05. The number of aromatic nitrogens is 1. The zero-order chi connectivity index (χ0) is 15.6. The van der Waals surface area contributed by atoms with Crippen LogP contribution < -0.4 is 0 Å². The summed E-state index contributed by atoms with van der Waals surface area (Å²) >= 11 is 0. The fourth-order valence-corrected chi connectivity index (χ4v) is 2.82. The first-order valence-corrected chi connectivity index (χ1v) is 7.33. The molecule has 2 fully saturated rings. The maximum atomic E-state index is 12.5. The molecule has 8 nitrogen and oxygen atoms in total. The normalized spacial score (nSPS) is 26.3. The predicted octanol–water partition coefficient (Wildman–Crippen LogP) is -0.235. The number of carbonyl (C=O) groups is 2. The molecule has 0 aliphatic carbocycles. The molecule has 1 aromatic rings. The molecule has 2 saturated heterocycles. The maximum Gasteiger partial charge on any atom is 0.292 e. The average Bonchev–Trinajstić information content (AvgIpc) is 2.99. The van der Waals surface area contributed by atoms with Gasteiger partial charge >= 0.3 is 0 Å². The molecule has 2 amide bonds. The van der Waals surface area contributed by atoms with Crippen LogP contribution in [0.25, 0.3) is 0 Å². The number of morpholine rings is 1.